The van der Waals surface area contributed by atoms with Gasteiger partial charge in [-0.05, 0) is 49.9 Å². The molecule has 1 N–H and O–H groups in total. The lowest BCUT2D eigenvalue weighted by Gasteiger charge is -2.33. The Morgan fingerprint density at radius 2 is 1.57 bits per heavy atom. The van der Waals surface area contributed by atoms with E-state index in [2.05, 4.69) is 4.72 Å². The van der Waals surface area contributed by atoms with Crippen LogP contribution in [0.2, 0.25) is 0 Å². The smallest absolute Gasteiger partial charge is 0.365 e. The Balaban J connectivity index is 0.00000117. The van der Waals surface area contributed by atoms with E-state index in [1.807, 2.05) is 27.7 Å². The van der Waals surface area contributed by atoms with Crippen molar-refractivity contribution in [2.45, 2.75) is 72.9 Å². The number of fused-ring (bicyclic) bond motifs is 3. The summed E-state index contributed by atoms with van der Waals surface area (Å²) in [6, 6.07) is 8.78. The van der Waals surface area contributed by atoms with Crippen molar-refractivity contribution in [1.82, 2.24) is 4.72 Å². The lowest BCUT2D eigenvalue weighted by atomic mass is 9.89. The minimum Gasteiger partial charge on any atom is -0.365 e. The minimum absolute atomic E-state index is 0. The topological polar surface area (TPSA) is 92.8 Å². The fourth-order valence-corrected chi connectivity index (χ4v) is 7.03. The summed E-state index contributed by atoms with van der Waals surface area (Å²) in [6.07, 6.45) is 1.29. The molecule has 2 aromatic carbocycles. The first-order valence-electron chi connectivity index (χ1n) is 11.4. The summed E-state index contributed by atoms with van der Waals surface area (Å²) >= 11 is 0. The second kappa shape index (κ2) is 12.1. The molecule has 0 saturated heterocycles. The first-order valence-corrected chi connectivity index (χ1v) is 14.4. The SMILES string of the molecule is C.CC.CC.CCS(=O)(=O)N1c2ccccc2[C@@]2(NS(=O)(=O)Oc3c(F)cccc3F)CCC[C@@H]12. The molecule has 11 heteroatoms. The number of nitrogens with zero attached hydrogens (tertiary/aromatic N) is 1. The van der Waals surface area contributed by atoms with Gasteiger partial charge >= 0.3 is 10.3 Å². The maximum atomic E-state index is 13.9. The van der Waals surface area contributed by atoms with Crippen LogP contribution in [-0.2, 0) is 25.9 Å². The second-order valence-corrected chi connectivity index (χ2v) is 10.7. The monoisotopic (exact) mass is 534 g/mol. The van der Waals surface area contributed by atoms with Crippen molar-refractivity contribution < 1.29 is 29.8 Å². The zero-order chi connectivity index (χ0) is 25.7. The van der Waals surface area contributed by atoms with Crippen molar-refractivity contribution in [3.05, 3.63) is 59.7 Å². The summed E-state index contributed by atoms with van der Waals surface area (Å²) in [4.78, 5) is 0. The van der Waals surface area contributed by atoms with Crippen molar-refractivity contribution in [3.8, 4) is 5.75 Å². The van der Waals surface area contributed by atoms with E-state index in [0.29, 0.717) is 30.5 Å². The molecular weight excluding hydrogens is 498 g/mol. The lowest BCUT2D eigenvalue weighted by Crippen LogP contribution is -2.54. The van der Waals surface area contributed by atoms with Crippen molar-refractivity contribution in [3.63, 3.8) is 0 Å². The Kier molecular flexibility index (Phi) is 10.7. The first kappa shape index (κ1) is 30.8. The van der Waals surface area contributed by atoms with E-state index in [-0.39, 0.29) is 13.2 Å². The molecule has 7 nitrogen and oxygen atoms in total. The summed E-state index contributed by atoms with van der Waals surface area (Å²) in [5.74, 6) is -3.52. The maximum Gasteiger partial charge on any atom is 0.383 e. The van der Waals surface area contributed by atoms with Gasteiger partial charge in [0.05, 0.1) is 23.0 Å². The fourth-order valence-electron chi connectivity index (χ4n) is 4.40. The van der Waals surface area contributed by atoms with E-state index < -0.39 is 49.3 Å². The van der Waals surface area contributed by atoms with Crippen LogP contribution in [0.25, 0.3) is 0 Å². The van der Waals surface area contributed by atoms with Crippen LogP contribution in [0.5, 0.6) is 5.75 Å². The fraction of sp³-hybridized carbons (Fsp3) is 0.500. The first-order chi connectivity index (χ1) is 16.1. The number of rotatable bonds is 6. The molecule has 0 unspecified atom stereocenters. The molecular formula is C24H36F2N2O5S2. The van der Waals surface area contributed by atoms with E-state index >= 15 is 0 Å². The predicted octanol–water partition coefficient (Wildman–Crippen LogP) is 5.48. The highest BCUT2D eigenvalue weighted by Gasteiger charge is 2.58. The van der Waals surface area contributed by atoms with Crippen LogP contribution in [0.15, 0.2) is 42.5 Å². The zero-order valence-electron chi connectivity index (χ0n) is 20.0. The molecule has 4 rings (SSSR count). The molecule has 198 valence electrons. The molecule has 1 aliphatic carbocycles. The van der Waals surface area contributed by atoms with Gasteiger partial charge in [0.1, 0.15) is 0 Å². The van der Waals surface area contributed by atoms with Crippen molar-refractivity contribution in [2.24, 2.45) is 0 Å². The number of sulfonamides is 1. The van der Waals surface area contributed by atoms with Gasteiger partial charge in [0.2, 0.25) is 15.8 Å². The standard InChI is InChI=1S/C19H20F2N2O5S2.2C2H6.CH4/c1-2-29(24,25)23-16-10-4-3-7-13(16)19(12-6-11-17(19)23)22-30(26,27)28-18-14(20)8-5-9-15(18)21;2*1-2;/h3-5,7-10,17,22H,2,6,11-12H2,1H3;2*1-2H3;1H4/t17-,19+;;;/m1.../s1. The highest BCUT2D eigenvalue weighted by Crippen LogP contribution is 2.53. The Bertz CT molecular complexity index is 1190. The third kappa shape index (κ3) is 5.78. The van der Waals surface area contributed by atoms with Crippen molar-refractivity contribution in [1.29, 1.82) is 0 Å². The minimum atomic E-state index is -4.70. The predicted molar refractivity (Wildman–Crippen MR) is 136 cm³/mol. The number of anilines is 1. The Hall–Kier alpha value is -2.24. The van der Waals surface area contributed by atoms with Crippen molar-refractivity contribution >= 4 is 26.0 Å². The molecule has 0 spiro atoms. The molecule has 1 heterocycles. The van der Waals surface area contributed by atoms with Crippen LogP contribution in [0.1, 0.15) is 66.9 Å². The molecule has 2 aromatic rings. The number of hydrogen-bond donors (Lipinski definition) is 1. The summed E-state index contributed by atoms with van der Waals surface area (Å²) in [7, 11) is -8.39. The molecule has 0 radical (unpaired) electrons. The van der Waals surface area contributed by atoms with E-state index in [1.165, 1.54) is 11.2 Å². The maximum absolute atomic E-state index is 13.9. The highest BCUT2D eigenvalue weighted by molar-refractivity contribution is 7.92. The van der Waals surface area contributed by atoms with E-state index in [1.54, 1.807) is 24.3 Å². The summed E-state index contributed by atoms with van der Waals surface area (Å²) < 4.78 is 87.5. The van der Waals surface area contributed by atoms with Gasteiger partial charge in [-0.3, -0.25) is 4.31 Å². The molecule has 2 aliphatic rings. The normalized spacial score (nSPS) is 20.3. The van der Waals surface area contributed by atoms with Crippen LogP contribution in [0.3, 0.4) is 0 Å². The van der Waals surface area contributed by atoms with Crippen LogP contribution >= 0.6 is 0 Å². The molecule has 35 heavy (non-hydrogen) atoms. The molecule has 0 bridgehead atoms. The average molecular weight is 535 g/mol. The third-order valence-electron chi connectivity index (χ3n) is 5.61. The van der Waals surface area contributed by atoms with E-state index in [4.69, 9.17) is 4.18 Å². The van der Waals surface area contributed by atoms with Gasteiger partial charge in [0, 0.05) is 0 Å². The molecule has 0 amide bonds. The summed E-state index contributed by atoms with van der Waals surface area (Å²) in [5.41, 5.74) is -0.408. The van der Waals surface area contributed by atoms with Crippen LogP contribution in [-0.4, -0.2) is 28.6 Å². The molecule has 2 atom stereocenters. The number of para-hydroxylation sites is 2. The van der Waals surface area contributed by atoms with Gasteiger partial charge in [-0.25, -0.2) is 17.2 Å². The molecule has 1 aliphatic heterocycles. The van der Waals surface area contributed by atoms with Crippen LogP contribution in [0, 0.1) is 11.6 Å². The van der Waals surface area contributed by atoms with Gasteiger partial charge in [-0.15, -0.1) is 0 Å². The van der Waals surface area contributed by atoms with Crippen molar-refractivity contribution in [2.75, 3.05) is 10.1 Å². The quantitative estimate of drug-likeness (QED) is 0.530. The van der Waals surface area contributed by atoms with Gasteiger partial charge in [-0.1, -0.05) is 59.4 Å². The number of benzene rings is 2. The summed E-state index contributed by atoms with van der Waals surface area (Å²) in [6.45, 7) is 9.52. The largest absolute Gasteiger partial charge is 0.383 e. The lowest BCUT2D eigenvalue weighted by molar-refractivity contribution is 0.352. The molecule has 0 aromatic heterocycles. The van der Waals surface area contributed by atoms with Gasteiger partial charge in [0.15, 0.2) is 11.6 Å². The second-order valence-electron chi connectivity index (χ2n) is 7.28. The van der Waals surface area contributed by atoms with Gasteiger partial charge < -0.3 is 4.18 Å². The molecule has 1 fully saturated rings. The molecule has 1 saturated carbocycles. The van der Waals surface area contributed by atoms with Gasteiger partial charge in [-0.2, -0.15) is 13.1 Å². The van der Waals surface area contributed by atoms with Gasteiger partial charge in [0.25, 0.3) is 0 Å². The van der Waals surface area contributed by atoms with Crippen LogP contribution in [0.4, 0.5) is 14.5 Å². The Morgan fingerprint density at radius 3 is 2.14 bits per heavy atom. The Morgan fingerprint density at radius 1 is 1.00 bits per heavy atom. The number of nitrogens with one attached hydrogen (secondary N) is 1. The number of hydrogen-bond acceptors (Lipinski definition) is 5. The highest BCUT2D eigenvalue weighted by atomic mass is 32.2. The Labute approximate surface area is 208 Å². The summed E-state index contributed by atoms with van der Waals surface area (Å²) in [5, 5.41) is 0. The van der Waals surface area contributed by atoms with Crippen LogP contribution < -0.4 is 13.2 Å². The third-order valence-corrected chi connectivity index (χ3v) is 8.39. The van der Waals surface area contributed by atoms with E-state index in [0.717, 1.165) is 18.2 Å². The zero-order valence-corrected chi connectivity index (χ0v) is 21.6. The van der Waals surface area contributed by atoms with E-state index in [9.17, 15) is 25.6 Å². The number of halogens is 2. The average Bonchev–Trinajstić information content (AvgIpc) is 3.33.